The van der Waals surface area contributed by atoms with Gasteiger partial charge in [0.15, 0.2) is 11.6 Å². The van der Waals surface area contributed by atoms with E-state index >= 15 is 0 Å². The molecule has 4 aromatic rings. The second-order valence-corrected chi connectivity index (χ2v) is 9.20. The summed E-state index contributed by atoms with van der Waals surface area (Å²) in [5, 5.41) is 4.06. The molecule has 178 valence electrons. The van der Waals surface area contributed by atoms with Crippen molar-refractivity contribution in [1.29, 1.82) is 0 Å². The molecule has 0 unspecified atom stereocenters. The number of anilines is 1. The highest BCUT2D eigenvalue weighted by Gasteiger charge is 2.28. The number of amides is 1. The number of aromatic nitrogens is 3. The van der Waals surface area contributed by atoms with Crippen LogP contribution in [0.4, 0.5) is 5.69 Å². The summed E-state index contributed by atoms with van der Waals surface area (Å²) in [4.78, 5) is 26.7. The van der Waals surface area contributed by atoms with Gasteiger partial charge in [0.25, 0.3) is 5.91 Å². The molecule has 0 radical (unpaired) electrons. The zero-order valence-corrected chi connectivity index (χ0v) is 20.3. The maximum atomic E-state index is 13.1. The monoisotopic (exact) mass is 467 g/mol. The highest BCUT2D eigenvalue weighted by molar-refractivity contribution is 5.94. The van der Waals surface area contributed by atoms with Gasteiger partial charge in [-0.1, -0.05) is 35.5 Å². The molecule has 35 heavy (non-hydrogen) atoms. The van der Waals surface area contributed by atoms with Gasteiger partial charge in [0, 0.05) is 62.2 Å². The second-order valence-electron chi connectivity index (χ2n) is 9.20. The quantitative estimate of drug-likeness (QED) is 0.402. The van der Waals surface area contributed by atoms with Crippen LogP contribution in [0.25, 0.3) is 22.7 Å². The van der Waals surface area contributed by atoms with Gasteiger partial charge < -0.3 is 14.3 Å². The minimum absolute atomic E-state index is 0.0764. The van der Waals surface area contributed by atoms with Crippen LogP contribution >= 0.6 is 0 Å². The second kappa shape index (κ2) is 9.70. The van der Waals surface area contributed by atoms with Gasteiger partial charge >= 0.3 is 0 Å². The lowest BCUT2D eigenvalue weighted by atomic mass is 9.89. The number of hydrogen-bond acceptors (Lipinski definition) is 6. The SMILES string of the molecule is Cc1cc(-c2cnc(-c3ccccc3)nc2C2CCN(C(=O)c3ccc(N(C)C)cc3)CC2)on1. The molecule has 1 aliphatic rings. The number of piperidine rings is 1. The largest absolute Gasteiger partial charge is 0.378 e. The Balaban J connectivity index is 1.38. The predicted molar refractivity (Wildman–Crippen MR) is 136 cm³/mol. The van der Waals surface area contributed by atoms with Gasteiger partial charge in [-0.2, -0.15) is 0 Å². The van der Waals surface area contributed by atoms with Gasteiger partial charge in [0.2, 0.25) is 0 Å². The van der Waals surface area contributed by atoms with E-state index in [4.69, 9.17) is 9.51 Å². The molecule has 0 bridgehead atoms. The smallest absolute Gasteiger partial charge is 0.253 e. The number of likely N-dealkylation sites (tertiary alicyclic amines) is 1. The van der Waals surface area contributed by atoms with Crippen molar-refractivity contribution in [1.82, 2.24) is 20.0 Å². The molecule has 1 aliphatic heterocycles. The van der Waals surface area contributed by atoms with Crippen molar-refractivity contribution < 1.29 is 9.32 Å². The molecule has 5 rings (SSSR count). The van der Waals surface area contributed by atoms with Crippen molar-refractivity contribution in [3.05, 3.63) is 83.8 Å². The van der Waals surface area contributed by atoms with Crippen LogP contribution in [-0.4, -0.2) is 53.1 Å². The number of hydrogen-bond donors (Lipinski definition) is 0. The summed E-state index contributed by atoms with van der Waals surface area (Å²) in [7, 11) is 3.98. The summed E-state index contributed by atoms with van der Waals surface area (Å²) in [6, 6.07) is 19.7. The predicted octanol–water partition coefficient (Wildman–Crippen LogP) is 5.19. The first-order valence-corrected chi connectivity index (χ1v) is 11.9. The third kappa shape index (κ3) is 4.80. The molecule has 0 saturated carbocycles. The van der Waals surface area contributed by atoms with E-state index < -0.39 is 0 Å². The Morgan fingerprint density at radius 1 is 1.03 bits per heavy atom. The fraction of sp³-hybridized carbons (Fsp3) is 0.286. The topological polar surface area (TPSA) is 75.4 Å². The van der Waals surface area contributed by atoms with Crippen molar-refractivity contribution in [2.24, 2.45) is 0 Å². The van der Waals surface area contributed by atoms with Crippen LogP contribution in [0, 0.1) is 6.92 Å². The lowest BCUT2D eigenvalue weighted by molar-refractivity contribution is 0.0712. The first kappa shape index (κ1) is 22.8. The first-order valence-electron chi connectivity index (χ1n) is 11.9. The number of benzene rings is 2. The van der Waals surface area contributed by atoms with E-state index in [1.165, 1.54) is 0 Å². The summed E-state index contributed by atoms with van der Waals surface area (Å²) in [5.41, 5.74) is 5.42. The molecule has 1 fully saturated rings. The summed E-state index contributed by atoms with van der Waals surface area (Å²) in [6.07, 6.45) is 3.49. The van der Waals surface area contributed by atoms with Gasteiger partial charge in [-0.3, -0.25) is 4.79 Å². The van der Waals surface area contributed by atoms with Crippen LogP contribution in [0.15, 0.2) is 71.4 Å². The summed E-state index contributed by atoms with van der Waals surface area (Å²) >= 11 is 0. The van der Waals surface area contributed by atoms with E-state index in [0.717, 1.165) is 46.6 Å². The molecule has 7 heteroatoms. The molecule has 1 saturated heterocycles. The molecule has 0 atom stereocenters. The van der Waals surface area contributed by atoms with E-state index in [-0.39, 0.29) is 11.8 Å². The van der Waals surface area contributed by atoms with Crippen LogP contribution in [0.3, 0.4) is 0 Å². The van der Waals surface area contributed by atoms with Crippen LogP contribution in [0.1, 0.15) is 40.5 Å². The third-order valence-corrected chi connectivity index (χ3v) is 6.54. The molecular formula is C28H29N5O2. The lowest BCUT2D eigenvalue weighted by Gasteiger charge is -2.32. The van der Waals surface area contributed by atoms with Gasteiger partial charge in [0.1, 0.15) is 0 Å². The number of aryl methyl sites for hydroxylation is 1. The Bertz CT molecular complexity index is 1310. The summed E-state index contributed by atoms with van der Waals surface area (Å²) in [6.45, 7) is 3.26. The molecule has 0 N–H and O–H groups in total. The van der Waals surface area contributed by atoms with E-state index in [1.807, 2.05) is 97.7 Å². The zero-order valence-electron chi connectivity index (χ0n) is 20.3. The maximum Gasteiger partial charge on any atom is 0.253 e. The fourth-order valence-electron chi connectivity index (χ4n) is 4.55. The maximum absolute atomic E-state index is 13.1. The average molecular weight is 468 g/mol. The normalized spacial score (nSPS) is 14.2. The zero-order chi connectivity index (χ0) is 24.4. The van der Waals surface area contributed by atoms with Gasteiger partial charge in [-0.05, 0) is 44.0 Å². The first-order chi connectivity index (χ1) is 17.0. The van der Waals surface area contributed by atoms with Crippen LogP contribution in [0.5, 0.6) is 0 Å². The van der Waals surface area contributed by atoms with Crippen molar-refractivity contribution in [2.75, 3.05) is 32.1 Å². The lowest BCUT2D eigenvalue weighted by Crippen LogP contribution is -2.38. The van der Waals surface area contributed by atoms with Gasteiger partial charge in [-0.15, -0.1) is 0 Å². The Kier molecular flexibility index (Phi) is 6.31. The van der Waals surface area contributed by atoms with E-state index in [2.05, 4.69) is 10.1 Å². The van der Waals surface area contributed by atoms with Crippen LogP contribution < -0.4 is 4.90 Å². The molecule has 0 aliphatic carbocycles. The van der Waals surface area contributed by atoms with Crippen molar-refractivity contribution >= 4 is 11.6 Å². The minimum atomic E-state index is 0.0764. The number of carbonyl (C=O) groups excluding carboxylic acids is 1. The fourth-order valence-corrected chi connectivity index (χ4v) is 4.55. The Hall–Kier alpha value is -4.00. The Labute approximate surface area is 205 Å². The van der Waals surface area contributed by atoms with Gasteiger partial charge in [0.05, 0.1) is 17.0 Å². The number of carbonyl (C=O) groups is 1. The Morgan fingerprint density at radius 3 is 2.37 bits per heavy atom. The average Bonchev–Trinajstić information content (AvgIpc) is 3.34. The summed E-state index contributed by atoms with van der Waals surface area (Å²) < 4.78 is 5.57. The van der Waals surface area contributed by atoms with Gasteiger partial charge in [-0.25, -0.2) is 9.97 Å². The Morgan fingerprint density at radius 2 is 1.74 bits per heavy atom. The van der Waals surface area contributed by atoms with E-state index in [9.17, 15) is 4.79 Å². The van der Waals surface area contributed by atoms with Crippen LogP contribution in [0.2, 0.25) is 0 Å². The number of rotatable bonds is 5. The van der Waals surface area contributed by atoms with Crippen molar-refractivity contribution in [3.63, 3.8) is 0 Å². The highest BCUT2D eigenvalue weighted by Crippen LogP contribution is 2.35. The third-order valence-electron chi connectivity index (χ3n) is 6.54. The highest BCUT2D eigenvalue weighted by atomic mass is 16.5. The molecule has 0 spiro atoms. The standard InChI is InChI=1S/C28H29N5O2/c1-19-17-25(35-31-19)24-18-29-27(21-7-5-4-6-8-21)30-26(24)20-13-15-33(16-14-20)28(34)22-9-11-23(12-10-22)32(2)3/h4-12,17-18,20H,13-16H2,1-3H3. The molecule has 2 aromatic carbocycles. The molecular weight excluding hydrogens is 438 g/mol. The molecule has 2 aromatic heterocycles. The van der Waals surface area contributed by atoms with Crippen molar-refractivity contribution in [2.45, 2.75) is 25.7 Å². The molecule has 7 nitrogen and oxygen atoms in total. The molecule has 1 amide bonds. The van der Waals surface area contributed by atoms with Crippen LogP contribution in [-0.2, 0) is 0 Å². The molecule has 3 heterocycles. The minimum Gasteiger partial charge on any atom is -0.378 e. The van der Waals surface area contributed by atoms with E-state index in [0.29, 0.717) is 24.7 Å². The van der Waals surface area contributed by atoms with Crippen molar-refractivity contribution in [3.8, 4) is 22.7 Å². The van der Waals surface area contributed by atoms with E-state index in [1.54, 1.807) is 0 Å². The number of nitrogens with zero attached hydrogens (tertiary/aromatic N) is 5. The summed E-state index contributed by atoms with van der Waals surface area (Å²) in [5.74, 6) is 1.64.